The number of nitrogens with zero attached hydrogens (tertiary/aromatic N) is 2. The number of Topliss-reactive ketones (excluding diaryl/α,β-unsaturated/α-hetero) is 1. The van der Waals surface area contributed by atoms with Crippen molar-refractivity contribution < 1.29 is 18.9 Å². The van der Waals surface area contributed by atoms with Gasteiger partial charge in [-0.1, -0.05) is 59.5 Å². The quantitative estimate of drug-likeness (QED) is 0.0713. The molecule has 2 heterocycles. The molecule has 3 aromatic carbocycles. The van der Waals surface area contributed by atoms with Gasteiger partial charge in [0.1, 0.15) is 17.5 Å². The number of para-hydroxylation sites is 3. The number of aromatic nitrogens is 1. The summed E-state index contributed by atoms with van der Waals surface area (Å²) in [5.41, 5.74) is 3.08. The molecule has 5 rings (SSSR count). The maximum Gasteiger partial charge on any atom is 0.308 e. The van der Waals surface area contributed by atoms with Crippen molar-refractivity contribution in [2.45, 2.75) is 11.8 Å². The fraction of sp³-hybridized carbons (Fsp3) is 0.100. The molecule has 0 spiro atoms. The van der Waals surface area contributed by atoms with Crippen molar-refractivity contribution in [1.82, 2.24) is 0 Å². The van der Waals surface area contributed by atoms with Crippen LogP contribution in [0, 0.1) is 0 Å². The molecule has 0 amide bonds. The molecule has 37 heavy (non-hydrogen) atoms. The van der Waals surface area contributed by atoms with Crippen molar-refractivity contribution in [3.63, 3.8) is 0 Å². The predicted octanol–water partition coefficient (Wildman–Crippen LogP) is 6.56. The molecule has 7 heteroatoms. The van der Waals surface area contributed by atoms with Gasteiger partial charge in [0.2, 0.25) is 5.52 Å². The van der Waals surface area contributed by atoms with E-state index >= 15 is 0 Å². The molecule has 0 radical (unpaired) electrons. The average molecular weight is 526 g/mol. The Bertz CT molecular complexity index is 1610. The van der Waals surface area contributed by atoms with Crippen LogP contribution in [0.3, 0.4) is 0 Å². The number of thioether (sulfide) groups is 1. The summed E-state index contributed by atoms with van der Waals surface area (Å²) in [6, 6.07) is 23.2. The number of hydrogen-bond donors (Lipinski definition) is 0. The van der Waals surface area contributed by atoms with Gasteiger partial charge in [0, 0.05) is 36.6 Å². The number of thiazole rings is 1. The number of aryl methyl sites for hydroxylation is 1. The first kappa shape index (κ1) is 24.7. The molecule has 0 N–H and O–H groups in total. The second-order valence-corrected chi connectivity index (χ2v) is 10.6. The number of allylic oxidation sites excluding steroid dienone is 4. The Morgan fingerprint density at radius 1 is 0.973 bits per heavy atom. The van der Waals surface area contributed by atoms with Gasteiger partial charge in [-0.2, -0.15) is 4.57 Å². The molecule has 0 saturated carbocycles. The summed E-state index contributed by atoms with van der Waals surface area (Å²) in [6.07, 6.45) is 7.59. The SMILES string of the molecule is CC(=O)Oc1ccccc1C(=O)C(/C=C/c1sc2ccccc2[n+]1C)=C/C=C1/Sc2ccccc2N1C. The normalized spacial score (nSPS) is 14.5. The number of carbonyl (C=O) groups excluding carboxylic acids is 2. The van der Waals surface area contributed by atoms with Gasteiger partial charge < -0.3 is 9.64 Å². The van der Waals surface area contributed by atoms with E-state index in [9.17, 15) is 9.59 Å². The number of anilines is 1. The first-order chi connectivity index (χ1) is 17.9. The van der Waals surface area contributed by atoms with Crippen LogP contribution < -0.4 is 14.2 Å². The second-order valence-electron chi connectivity index (χ2n) is 8.48. The third-order valence-electron chi connectivity index (χ3n) is 6.00. The van der Waals surface area contributed by atoms with E-state index in [1.54, 1.807) is 47.4 Å². The number of ether oxygens (including phenoxy) is 1. The van der Waals surface area contributed by atoms with Crippen LogP contribution in [0.5, 0.6) is 5.75 Å². The van der Waals surface area contributed by atoms with Crippen LogP contribution in [0.4, 0.5) is 5.69 Å². The molecule has 1 aliphatic rings. The largest absolute Gasteiger partial charge is 0.426 e. The van der Waals surface area contributed by atoms with Gasteiger partial charge in [-0.05, 0) is 48.6 Å². The van der Waals surface area contributed by atoms with Crippen molar-refractivity contribution in [2.75, 3.05) is 11.9 Å². The fourth-order valence-corrected chi connectivity index (χ4v) is 6.22. The summed E-state index contributed by atoms with van der Waals surface area (Å²) in [5, 5.41) is 2.03. The standard InChI is InChI=1S/C30H25N2O3S2/c1-20(33)35-25-13-7-4-10-22(25)30(34)21(16-18-28-31(2)23-11-5-8-14-26(23)36-28)17-19-29-32(3)24-12-6-9-15-27(24)37-29/h4-19H,1-3H3/q+1. The minimum absolute atomic E-state index is 0.225. The fourth-order valence-electron chi connectivity index (χ4n) is 4.12. The lowest BCUT2D eigenvalue weighted by molar-refractivity contribution is -0.642. The Labute approximate surface area is 224 Å². The molecule has 0 unspecified atom stereocenters. The summed E-state index contributed by atoms with van der Waals surface area (Å²) in [5.74, 6) is -0.446. The predicted molar refractivity (Wildman–Crippen MR) is 151 cm³/mol. The van der Waals surface area contributed by atoms with Crippen molar-refractivity contribution in [1.29, 1.82) is 0 Å². The minimum atomic E-state index is -0.470. The molecule has 0 saturated heterocycles. The van der Waals surface area contributed by atoms with E-state index in [-0.39, 0.29) is 11.5 Å². The molecule has 0 aliphatic carbocycles. The maximum atomic E-state index is 13.8. The Hall–Kier alpha value is -3.94. The van der Waals surface area contributed by atoms with Crippen molar-refractivity contribution in [3.8, 4) is 5.75 Å². The molecule has 4 aromatic rings. The maximum absolute atomic E-state index is 13.8. The summed E-state index contributed by atoms with van der Waals surface area (Å²) in [4.78, 5) is 28.7. The third-order valence-corrected chi connectivity index (χ3v) is 8.37. The van der Waals surface area contributed by atoms with E-state index in [1.807, 2.05) is 62.7 Å². The molecular weight excluding hydrogens is 500 g/mol. The van der Waals surface area contributed by atoms with Crippen LogP contribution >= 0.6 is 23.1 Å². The molecular formula is C30H25N2O3S2+. The molecule has 0 bridgehead atoms. The van der Waals surface area contributed by atoms with Crippen LogP contribution in [-0.4, -0.2) is 18.8 Å². The number of rotatable bonds is 6. The third kappa shape index (κ3) is 5.14. The Morgan fingerprint density at radius 2 is 1.70 bits per heavy atom. The molecule has 1 aliphatic heterocycles. The first-order valence-corrected chi connectivity index (χ1v) is 13.4. The minimum Gasteiger partial charge on any atom is -0.426 e. The zero-order valence-electron chi connectivity index (χ0n) is 20.7. The molecule has 0 fully saturated rings. The van der Waals surface area contributed by atoms with E-state index in [4.69, 9.17) is 4.74 Å². The van der Waals surface area contributed by atoms with E-state index in [1.165, 1.54) is 16.5 Å². The van der Waals surface area contributed by atoms with Crippen LogP contribution in [0.15, 0.2) is 107 Å². The Kier molecular flexibility index (Phi) is 7.08. The van der Waals surface area contributed by atoms with Crippen LogP contribution in [0.2, 0.25) is 0 Å². The number of carbonyl (C=O) groups is 2. The average Bonchev–Trinajstić information content (AvgIpc) is 3.40. The second kappa shape index (κ2) is 10.6. The number of benzene rings is 3. The highest BCUT2D eigenvalue weighted by Crippen LogP contribution is 2.44. The summed E-state index contributed by atoms with van der Waals surface area (Å²) >= 11 is 3.32. The summed E-state index contributed by atoms with van der Waals surface area (Å²) < 4.78 is 8.62. The number of fused-ring (bicyclic) bond motifs is 2. The van der Waals surface area contributed by atoms with Gasteiger partial charge in [-0.25, -0.2) is 0 Å². The van der Waals surface area contributed by atoms with Gasteiger partial charge in [-0.3, -0.25) is 9.59 Å². The van der Waals surface area contributed by atoms with E-state index in [0.717, 1.165) is 21.2 Å². The smallest absolute Gasteiger partial charge is 0.308 e. The number of esters is 1. The highest BCUT2D eigenvalue weighted by Gasteiger charge is 2.22. The van der Waals surface area contributed by atoms with Crippen LogP contribution in [0.1, 0.15) is 22.3 Å². The zero-order valence-corrected chi connectivity index (χ0v) is 22.3. The highest BCUT2D eigenvalue weighted by atomic mass is 32.2. The molecule has 0 atom stereocenters. The van der Waals surface area contributed by atoms with Crippen molar-refractivity contribution in [2.24, 2.45) is 7.05 Å². The lowest BCUT2D eigenvalue weighted by Gasteiger charge is -2.12. The zero-order chi connectivity index (χ0) is 25.9. The van der Waals surface area contributed by atoms with E-state index in [2.05, 4.69) is 33.7 Å². The Balaban J connectivity index is 1.55. The monoisotopic (exact) mass is 525 g/mol. The van der Waals surface area contributed by atoms with Gasteiger partial charge in [-0.15, -0.1) is 0 Å². The lowest BCUT2D eigenvalue weighted by atomic mass is 10.0. The van der Waals surface area contributed by atoms with E-state index < -0.39 is 5.97 Å². The topological polar surface area (TPSA) is 50.5 Å². The van der Waals surface area contributed by atoms with Gasteiger partial charge >= 0.3 is 5.97 Å². The number of ketones is 1. The van der Waals surface area contributed by atoms with Crippen molar-refractivity contribution >= 4 is 56.8 Å². The van der Waals surface area contributed by atoms with E-state index in [0.29, 0.717) is 11.1 Å². The Morgan fingerprint density at radius 3 is 2.49 bits per heavy atom. The van der Waals surface area contributed by atoms with Crippen LogP contribution in [0.25, 0.3) is 16.3 Å². The van der Waals surface area contributed by atoms with Crippen molar-refractivity contribution in [3.05, 3.63) is 112 Å². The molecule has 184 valence electrons. The van der Waals surface area contributed by atoms with Gasteiger partial charge in [0.05, 0.1) is 16.3 Å². The molecule has 5 nitrogen and oxygen atoms in total. The summed E-state index contributed by atoms with van der Waals surface area (Å²) in [6.45, 7) is 1.33. The van der Waals surface area contributed by atoms with Crippen LogP contribution in [-0.2, 0) is 11.8 Å². The van der Waals surface area contributed by atoms with Gasteiger partial charge in [0.15, 0.2) is 5.78 Å². The van der Waals surface area contributed by atoms with Gasteiger partial charge in [0.25, 0.3) is 5.01 Å². The molecule has 1 aromatic heterocycles. The summed E-state index contributed by atoms with van der Waals surface area (Å²) in [7, 11) is 4.03. The number of hydrogen-bond acceptors (Lipinski definition) is 6. The highest BCUT2D eigenvalue weighted by molar-refractivity contribution is 8.03. The first-order valence-electron chi connectivity index (χ1n) is 11.7. The lowest BCUT2D eigenvalue weighted by Crippen LogP contribution is -2.28.